The third-order valence-electron chi connectivity index (χ3n) is 4.35. The summed E-state index contributed by atoms with van der Waals surface area (Å²) in [6.45, 7) is 0.121. The van der Waals surface area contributed by atoms with Crippen LogP contribution in [0.3, 0.4) is 0 Å². The Morgan fingerprint density at radius 1 is 1.03 bits per heavy atom. The second-order valence-corrected chi connectivity index (χ2v) is 6.76. The van der Waals surface area contributed by atoms with Crippen LogP contribution in [-0.4, -0.2) is 40.6 Å². The lowest BCUT2D eigenvalue weighted by Crippen LogP contribution is -2.32. The van der Waals surface area contributed by atoms with Gasteiger partial charge in [0.25, 0.3) is 11.5 Å². The number of rotatable bonds is 8. The molecule has 0 fully saturated rings. The van der Waals surface area contributed by atoms with Crippen LogP contribution >= 0.6 is 0 Å². The van der Waals surface area contributed by atoms with Crippen molar-refractivity contribution in [1.29, 1.82) is 0 Å². The van der Waals surface area contributed by atoms with Crippen molar-refractivity contribution in [3.8, 4) is 11.5 Å². The van der Waals surface area contributed by atoms with Gasteiger partial charge in [-0.1, -0.05) is 36.4 Å². The Morgan fingerprint density at radius 2 is 1.72 bits per heavy atom. The summed E-state index contributed by atoms with van der Waals surface area (Å²) in [6, 6.07) is 17.0. The lowest BCUT2D eigenvalue weighted by Gasteiger charge is -2.20. The largest absolute Gasteiger partial charge is 0.573 e. The van der Waals surface area contributed by atoms with E-state index >= 15 is 0 Å². The van der Waals surface area contributed by atoms with Crippen LogP contribution in [0.2, 0.25) is 0 Å². The molecule has 0 aliphatic rings. The molecule has 2 aromatic carbocycles. The van der Waals surface area contributed by atoms with E-state index < -0.39 is 23.6 Å². The number of hydrogen-bond donors (Lipinski definition) is 0. The van der Waals surface area contributed by atoms with E-state index in [1.54, 1.807) is 18.2 Å². The Labute approximate surface area is 181 Å². The van der Waals surface area contributed by atoms with Gasteiger partial charge >= 0.3 is 6.36 Å². The van der Waals surface area contributed by atoms with Gasteiger partial charge in [-0.3, -0.25) is 9.59 Å². The maximum Gasteiger partial charge on any atom is 0.573 e. The predicted octanol–water partition coefficient (Wildman–Crippen LogP) is 3.49. The zero-order chi connectivity index (χ0) is 23.1. The number of halogens is 3. The van der Waals surface area contributed by atoms with Gasteiger partial charge in [0.15, 0.2) is 0 Å². The Kier molecular flexibility index (Phi) is 7.14. The number of carbonyl (C=O) groups excluding carboxylic acids is 1. The molecule has 1 heterocycles. The summed E-state index contributed by atoms with van der Waals surface area (Å²) in [4.78, 5) is 26.0. The van der Waals surface area contributed by atoms with Crippen LogP contribution in [0.25, 0.3) is 0 Å². The Balaban J connectivity index is 1.68. The summed E-state index contributed by atoms with van der Waals surface area (Å²) < 4.78 is 48.5. The number of benzene rings is 2. The van der Waals surface area contributed by atoms with Gasteiger partial charge in [-0.05, 0) is 24.3 Å². The van der Waals surface area contributed by atoms with Crippen LogP contribution in [-0.2, 0) is 13.1 Å². The van der Waals surface area contributed by atoms with E-state index in [9.17, 15) is 22.8 Å². The van der Waals surface area contributed by atoms with Crippen molar-refractivity contribution in [2.24, 2.45) is 0 Å². The molecule has 0 spiro atoms. The van der Waals surface area contributed by atoms with Gasteiger partial charge < -0.3 is 14.4 Å². The van der Waals surface area contributed by atoms with Crippen LogP contribution in [0, 0.1) is 0 Å². The summed E-state index contributed by atoms with van der Waals surface area (Å²) >= 11 is 0. The molecule has 0 N–H and O–H groups in total. The molecule has 0 aliphatic carbocycles. The lowest BCUT2D eigenvalue weighted by molar-refractivity contribution is -0.275. The molecule has 0 atom stereocenters. The molecule has 0 saturated heterocycles. The number of para-hydroxylation sites is 2. The van der Waals surface area contributed by atoms with Crippen molar-refractivity contribution in [2.45, 2.75) is 19.5 Å². The highest BCUT2D eigenvalue weighted by molar-refractivity contribution is 5.91. The third kappa shape index (κ3) is 6.34. The highest BCUT2D eigenvalue weighted by Gasteiger charge is 2.32. The average molecular weight is 447 g/mol. The Hall–Kier alpha value is -3.82. The molecule has 0 bridgehead atoms. The molecule has 7 nitrogen and oxygen atoms in total. The second kappa shape index (κ2) is 9.99. The summed E-state index contributed by atoms with van der Waals surface area (Å²) in [5, 5.41) is 4.07. The van der Waals surface area contributed by atoms with Gasteiger partial charge in [-0.25, -0.2) is 4.68 Å². The maximum absolute atomic E-state index is 12.8. The summed E-state index contributed by atoms with van der Waals surface area (Å²) in [5.41, 5.74) is -0.268. The molecule has 168 valence electrons. The molecular weight excluding hydrogens is 427 g/mol. The fourth-order valence-electron chi connectivity index (χ4n) is 2.87. The van der Waals surface area contributed by atoms with Crippen molar-refractivity contribution < 1.29 is 27.4 Å². The fourth-order valence-corrected chi connectivity index (χ4v) is 2.87. The van der Waals surface area contributed by atoms with Crippen molar-refractivity contribution in [1.82, 2.24) is 14.7 Å². The number of hydrogen-bond acceptors (Lipinski definition) is 5. The topological polar surface area (TPSA) is 73.7 Å². The first-order valence-electron chi connectivity index (χ1n) is 9.58. The summed E-state index contributed by atoms with van der Waals surface area (Å²) in [5.74, 6) is -0.326. The first-order chi connectivity index (χ1) is 15.2. The van der Waals surface area contributed by atoms with Crippen molar-refractivity contribution in [2.75, 3.05) is 13.7 Å². The van der Waals surface area contributed by atoms with Gasteiger partial charge in [-0.15, -0.1) is 13.2 Å². The van der Waals surface area contributed by atoms with Gasteiger partial charge in [0, 0.05) is 25.2 Å². The predicted molar refractivity (Wildman–Crippen MR) is 109 cm³/mol. The van der Waals surface area contributed by atoms with Crippen LogP contribution in [0.4, 0.5) is 13.2 Å². The first kappa shape index (κ1) is 22.9. The monoisotopic (exact) mass is 447 g/mol. The maximum atomic E-state index is 12.8. The normalized spacial score (nSPS) is 11.1. The molecule has 0 unspecified atom stereocenters. The van der Waals surface area contributed by atoms with Crippen LogP contribution < -0.4 is 15.0 Å². The summed E-state index contributed by atoms with van der Waals surface area (Å²) in [7, 11) is 1.42. The van der Waals surface area contributed by atoms with Crippen LogP contribution in [0.1, 0.15) is 16.1 Å². The molecule has 32 heavy (non-hydrogen) atoms. The first-order valence-corrected chi connectivity index (χ1v) is 9.58. The average Bonchev–Trinajstić information content (AvgIpc) is 2.75. The summed E-state index contributed by atoms with van der Waals surface area (Å²) in [6.07, 6.45) is -4.85. The minimum atomic E-state index is -4.85. The molecule has 3 rings (SSSR count). The Bertz CT molecular complexity index is 1120. The van der Waals surface area contributed by atoms with E-state index in [2.05, 4.69) is 9.84 Å². The van der Waals surface area contributed by atoms with E-state index in [4.69, 9.17) is 4.74 Å². The molecule has 1 amide bonds. The quantitative estimate of drug-likeness (QED) is 0.529. The van der Waals surface area contributed by atoms with Crippen molar-refractivity contribution >= 4 is 5.91 Å². The molecule has 0 aliphatic heterocycles. The van der Waals surface area contributed by atoms with E-state index in [0.717, 1.165) is 4.68 Å². The van der Waals surface area contributed by atoms with Crippen molar-refractivity contribution in [3.63, 3.8) is 0 Å². The third-order valence-corrected chi connectivity index (χ3v) is 4.35. The molecule has 0 radical (unpaired) electrons. The van der Waals surface area contributed by atoms with E-state index in [0.29, 0.717) is 5.75 Å². The lowest BCUT2D eigenvalue weighted by atomic mass is 10.2. The number of carbonyl (C=O) groups is 1. The Morgan fingerprint density at radius 3 is 2.44 bits per heavy atom. The molecule has 3 aromatic rings. The minimum absolute atomic E-state index is 0.0268. The van der Waals surface area contributed by atoms with Crippen LogP contribution in [0.15, 0.2) is 71.5 Å². The molecule has 10 heteroatoms. The minimum Gasteiger partial charge on any atom is -0.492 e. The highest BCUT2D eigenvalue weighted by atomic mass is 19.4. The van der Waals surface area contributed by atoms with Gasteiger partial charge in [0.2, 0.25) is 0 Å². The zero-order valence-electron chi connectivity index (χ0n) is 17.1. The second-order valence-electron chi connectivity index (χ2n) is 6.76. The van der Waals surface area contributed by atoms with Gasteiger partial charge in [0.05, 0.1) is 6.54 Å². The number of aromatic nitrogens is 2. The van der Waals surface area contributed by atoms with E-state index in [1.165, 1.54) is 42.3 Å². The molecule has 1 aromatic heterocycles. The zero-order valence-corrected chi connectivity index (χ0v) is 17.1. The molecular formula is C22H20F3N3O4. The van der Waals surface area contributed by atoms with Gasteiger partial charge in [-0.2, -0.15) is 5.10 Å². The standard InChI is InChI=1S/C22H20F3N3O4/c1-27(15-16-7-5-6-10-19(16)32-22(23,24)25)21(30)18-11-12-20(29)28(26-18)13-14-31-17-8-3-2-4-9-17/h2-12H,13-15H2,1H3. The number of amides is 1. The fraction of sp³-hybridized carbons (Fsp3) is 0.227. The highest BCUT2D eigenvalue weighted by Crippen LogP contribution is 2.27. The SMILES string of the molecule is CN(Cc1ccccc1OC(F)(F)F)C(=O)c1ccc(=O)n(CCOc2ccccc2)n1. The molecule has 0 saturated carbocycles. The number of nitrogens with zero attached hydrogens (tertiary/aromatic N) is 3. The van der Waals surface area contributed by atoms with E-state index in [1.807, 2.05) is 18.2 Å². The van der Waals surface area contributed by atoms with Crippen LogP contribution in [0.5, 0.6) is 11.5 Å². The smallest absolute Gasteiger partial charge is 0.492 e. The van der Waals surface area contributed by atoms with E-state index in [-0.39, 0.29) is 31.0 Å². The van der Waals surface area contributed by atoms with Gasteiger partial charge in [0.1, 0.15) is 23.8 Å². The number of ether oxygens (including phenoxy) is 2. The number of alkyl halides is 3. The van der Waals surface area contributed by atoms with Crippen molar-refractivity contribution in [3.05, 3.63) is 88.3 Å².